The van der Waals surface area contributed by atoms with Crippen molar-refractivity contribution in [3.63, 3.8) is 0 Å². The summed E-state index contributed by atoms with van der Waals surface area (Å²) >= 11 is 1.39. The second kappa shape index (κ2) is 6.08. The van der Waals surface area contributed by atoms with Crippen molar-refractivity contribution in [1.29, 1.82) is 0 Å². The molecule has 0 unspecified atom stereocenters. The number of nitrogens with one attached hydrogen (secondary N) is 1. The Hall–Kier alpha value is -2.28. The number of aromatic nitrogens is 3. The summed E-state index contributed by atoms with van der Waals surface area (Å²) in [7, 11) is 0. The van der Waals surface area contributed by atoms with E-state index in [1.54, 1.807) is 0 Å². The molecule has 3 aromatic rings. The van der Waals surface area contributed by atoms with Gasteiger partial charge in [-0.25, -0.2) is 0 Å². The van der Waals surface area contributed by atoms with E-state index in [-0.39, 0.29) is 12.3 Å². The summed E-state index contributed by atoms with van der Waals surface area (Å²) in [5.41, 5.74) is 3.52. The van der Waals surface area contributed by atoms with Crippen LogP contribution in [0.4, 0.5) is 5.13 Å². The number of aryl methyl sites for hydroxylation is 2. The number of anilines is 1. The number of hydrogen-bond donors (Lipinski definition) is 1. The highest BCUT2D eigenvalue weighted by Crippen LogP contribution is 2.25. The van der Waals surface area contributed by atoms with Gasteiger partial charge < -0.3 is 9.84 Å². The fraction of sp³-hybridized carbons (Fsp3) is 0.375. The molecule has 0 bridgehead atoms. The van der Waals surface area contributed by atoms with E-state index >= 15 is 0 Å². The van der Waals surface area contributed by atoms with Crippen LogP contribution in [-0.4, -0.2) is 21.3 Å². The number of carbonyl (C=O) groups excluding carboxylic acids is 1. The van der Waals surface area contributed by atoms with E-state index < -0.39 is 0 Å². The minimum atomic E-state index is -0.174. The lowest BCUT2D eigenvalue weighted by molar-refractivity contribution is -0.115. The van der Waals surface area contributed by atoms with Gasteiger partial charge in [0.15, 0.2) is 5.58 Å². The average molecular weight is 330 g/mol. The number of carbonyl (C=O) groups is 1. The molecule has 2 heterocycles. The minimum Gasteiger partial charge on any atom is -0.356 e. The fourth-order valence-electron chi connectivity index (χ4n) is 2.47. The first kappa shape index (κ1) is 15.6. The van der Waals surface area contributed by atoms with Gasteiger partial charge in [0, 0.05) is 11.3 Å². The van der Waals surface area contributed by atoms with Crippen LogP contribution in [0, 0.1) is 13.8 Å². The third-order valence-electron chi connectivity index (χ3n) is 3.50. The molecule has 0 radical (unpaired) electrons. The van der Waals surface area contributed by atoms with Gasteiger partial charge in [0.2, 0.25) is 11.0 Å². The van der Waals surface area contributed by atoms with Crippen molar-refractivity contribution in [3.05, 3.63) is 34.0 Å². The maximum absolute atomic E-state index is 12.2. The molecule has 0 aliphatic heterocycles. The molecule has 0 fully saturated rings. The number of amides is 1. The molecule has 1 amide bonds. The van der Waals surface area contributed by atoms with Crippen molar-refractivity contribution in [3.8, 4) is 0 Å². The lowest BCUT2D eigenvalue weighted by Gasteiger charge is -2.01. The Balaban J connectivity index is 1.77. The van der Waals surface area contributed by atoms with Crippen molar-refractivity contribution in [2.45, 2.75) is 40.0 Å². The molecule has 2 aromatic heterocycles. The van der Waals surface area contributed by atoms with E-state index in [0.29, 0.717) is 22.3 Å². The first-order valence-corrected chi connectivity index (χ1v) is 8.24. The lowest BCUT2D eigenvalue weighted by atomic mass is 10.0. The topological polar surface area (TPSA) is 80.9 Å². The van der Waals surface area contributed by atoms with Crippen LogP contribution in [-0.2, 0) is 11.2 Å². The second-order valence-electron chi connectivity index (χ2n) is 5.91. The highest BCUT2D eigenvalue weighted by molar-refractivity contribution is 7.15. The third kappa shape index (κ3) is 3.24. The van der Waals surface area contributed by atoms with Gasteiger partial charge in [-0.05, 0) is 31.0 Å². The molecule has 7 heteroatoms. The van der Waals surface area contributed by atoms with Gasteiger partial charge in [0.1, 0.15) is 10.7 Å². The molecule has 6 nitrogen and oxygen atoms in total. The minimum absolute atomic E-state index is 0.146. The Morgan fingerprint density at radius 1 is 1.30 bits per heavy atom. The predicted molar refractivity (Wildman–Crippen MR) is 89.8 cm³/mol. The Morgan fingerprint density at radius 3 is 2.78 bits per heavy atom. The van der Waals surface area contributed by atoms with Gasteiger partial charge in [-0.15, -0.1) is 10.2 Å². The number of hydrogen-bond acceptors (Lipinski definition) is 6. The van der Waals surface area contributed by atoms with Crippen LogP contribution in [0.5, 0.6) is 0 Å². The number of fused-ring (bicyclic) bond motifs is 1. The zero-order valence-electron chi connectivity index (χ0n) is 13.5. The largest absolute Gasteiger partial charge is 0.356 e. The number of benzene rings is 1. The molecule has 0 saturated heterocycles. The molecule has 0 aliphatic rings. The fourth-order valence-corrected chi connectivity index (χ4v) is 3.24. The summed E-state index contributed by atoms with van der Waals surface area (Å²) in [4.78, 5) is 12.2. The average Bonchev–Trinajstić information content (AvgIpc) is 3.06. The quantitative estimate of drug-likeness (QED) is 0.790. The molecule has 0 saturated carbocycles. The zero-order chi connectivity index (χ0) is 16.6. The number of nitrogens with zero attached hydrogens (tertiary/aromatic N) is 3. The van der Waals surface area contributed by atoms with E-state index in [9.17, 15) is 4.79 Å². The predicted octanol–water partition coefficient (Wildman–Crippen LogP) is 3.60. The lowest BCUT2D eigenvalue weighted by Crippen LogP contribution is -2.14. The van der Waals surface area contributed by atoms with Crippen molar-refractivity contribution >= 4 is 33.3 Å². The highest BCUT2D eigenvalue weighted by Gasteiger charge is 2.16. The van der Waals surface area contributed by atoms with Gasteiger partial charge >= 0.3 is 0 Å². The summed E-state index contributed by atoms with van der Waals surface area (Å²) in [5, 5.41) is 17.2. The van der Waals surface area contributed by atoms with Crippen molar-refractivity contribution in [2.24, 2.45) is 0 Å². The van der Waals surface area contributed by atoms with Gasteiger partial charge in [-0.1, -0.05) is 36.4 Å². The van der Waals surface area contributed by atoms with Crippen molar-refractivity contribution in [2.75, 3.05) is 5.32 Å². The summed E-state index contributed by atoms with van der Waals surface area (Å²) in [6, 6.07) is 3.98. The van der Waals surface area contributed by atoms with Crippen LogP contribution in [0.25, 0.3) is 11.0 Å². The highest BCUT2D eigenvalue weighted by atomic mass is 32.1. The van der Waals surface area contributed by atoms with Gasteiger partial charge in [0.05, 0.1) is 6.42 Å². The van der Waals surface area contributed by atoms with Crippen LogP contribution < -0.4 is 5.32 Å². The van der Waals surface area contributed by atoms with E-state index in [1.165, 1.54) is 11.3 Å². The third-order valence-corrected chi connectivity index (χ3v) is 4.63. The number of rotatable bonds is 4. The van der Waals surface area contributed by atoms with Crippen molar-refractivity contribution < 1.29 is 9.32 Å². The normalized spacial score (nSPS) is 11.3. The van der Waals surface area contributed by atoms with E-state index in [2.05, 4.69) is 26.7 Å². The summed E-state index contributed by atoms with van der Waals surface area (Å²) < 4.78 is 5.34. The molecule has 0 atom stereocenters. The summed E-state index contributed by atoms with van der Waals surface area (Å²) in [6.45, 7) is 8.08. The standard InChI is InChI=1S/C16H18N4O2S/c1-8(2)15-18-19-16(23-15)17-13(21)7-11-14-10(4)5-9(3)6-12(14)22-20-11/h5-6,8H,7H2,1-4H3,(H,17,19,21). The first-order valence-electron chi connectivity index (χ1n) is 7.43. The van der Waals surface area contributed by atoms with Gasteiger partial charge in [-0.3, -0.25) is 4.79 Å². The van der Waals surface area contributed by atoms with Gasteiger partial charge in [0.25, 0.3) is 0 Å². The zero-order valence-corrected chi connectivity index (χ0v) is 14.3. The molecule has 1 N–H and O–H groups in total. The van der Waals surface area contributed by atoms with Gasteiger partial charge in [-0.2, -0.15) is 0 Å². The Labute approximate surface area is 137 Å². The molecule has 1 aromatic carbocycles. The van der Waals surface area contributed by atoms with E-state index in [0.717, 1.165) is 21.5 Å². The van der Waals surface area contributed by atoms with Crippen LogP contribution in [0.2, 0.25) is 0 Å². The molecular weight excluding hydrogens is 312 g/mol. The summed E-state index contributed by atoms with van der Waals surface area (Å²) in [5.74, 6) is 0.121. The molecule has 120 valence electrons. The summed E-state index contributed by atoms with van der Waals surface area (Å²) in [6.07, 6.45) is 0.146. The molecule has 0 spiro atoms. The van der Waals surface area contributed by atoms with E-state index in [4.69, 9.17) is 4.52 Å². The van der Waals surface area contributed by atoms with Crippen LogP contribution >= 0.6 is 11.3 Å². The van der Waals surface area contributed by atoms with E-state index in [1.807, 2.05) is 33.8 Å². The molecule has 0 aliphatic carbocycles. The van der Waals surface area contributed by atoms with Crippen LogP contribution in [0.1, 0.15) is 41.6 Å². The Kier molecular flexibility index (Phi) is 4.12. The SMILES string of the molecule is Cc1cc(C)c2c(CC(=O)Nc3nnc(C(C)C)s3)noc2c1. The molecule has 23 heavy (non-hydrogen) atoms. The Bertz CT molecular complexity index is 866. The van der Waals surface area contributed by atoms with Crippen LogP contribution in [0.3, 0.4) is 0 Å². The molecule has 3 rings (SSSR count). The first-order chi connectivity index (χ1) is 10.9. The Morgan fingerprint density at radius 2 is 2.09 bits per heavy atom. The molecular formula is C16H18N4O2S. The van der Waals surface area contributed by atoms with Crippen LogP contribution in [0.15, 0.2) is 16.7 Å². The maximum Gasteiger partial charge on any atom is 0.232 e. The second-order valence-corrected chi connectivity index (χ2v) is 6.92. The van der Waals surface area contributed by atoms with Crippen molar-refractivity contribution in [1.82, 2.24) is 15.4 Å². The maximum atomic E-state index is 12.2. The monoisotopic (exact) mass is 330 g/mol. The smallest absolute Gasteiger partial charge is 0.232 e.